The monoisotopic (exact) mass is 319 g/mol. The van der Waals surface area contributed by atoms with Crippen LogP contribution in [0.15, 0.2) is 6.07 Å². The van der Waals surface area contributed by atoms with Gasteiger partial charge >= 0.3 is 0 Å². The molecule has 0 amide bonds. The van der Waals surface area contributed by atoms with Gasteiger partial charge in [0.1, 0.15) is 0 Å². The summed E-state index contributed by atoms with van der Waals surface area (Å²) < 4.78 is 1.63. The van der Waals surface area contributed by atoms with Crippen LogP contribution in [0.25, 0.3) is 0 Å². The van der Waals surface area contributed by atoms with Gasteiger partial charge in [-0.05, 0) is 36.8 Å². The van der Waals surface area contributed by atoms with Crippen molar-refractivity contribution in [3.8, 4) is 0 Å². The molecule has 0 radical (unpaired) electrons. The van der Waals surface area contributed by atoms with Crippen LogP contribution >= 0.6 is 34.5 Å². The highest BCUT2D eigenvalue weighted by Crippen LogP contribution is 2.49. The van der Waals surface area contributed by atoms with Crippen LogP contribution in [-0.4, -0.2) is 6.54 Å². The van der Waals surface area contributed by atoms with Gasteiger partial charge in [0.05, 0.1) is 8.67 Å². The van der Waals surface area contributed by atoms with Gasteiger partial charge < -0.3 is 5.32 Å². The lowest BCUT2D eigenvalue weighted by Crippen LogP contribution is -2.39. The van der Waals surface area contributed by atoms with Gasteiger partial charge in [0, 0.05) is 11.6 Å². The molecule has 4 heteroatoms. The smallest absolute Gasteiger partial charge is 0.0992 e. The average Bonchev–Trinajstić information content (AvgIpc) is 2.65. The zero-order valence-electron chi connectivity index (χ0n) is 11.9. The number of hydrogen-bond acceptors (Lipinski definition) is 2. The third-order valence-electron chi connectivity index (χ3n) is 4.43. The maximum atomic E-state index is 6.38. The molecule has 1 saturated carbocycles. The van der Waals surface area contributed by atoms with Gasteiger partial charge in [-0.25, -0.2) is 0 Å². The van der Waals surface area contributed by atoms with E-state index in [0.717, 1.165) is 15.2 Å². The van der Waals surface area contributed by atoms with Gasteiger partial charge in [0.25, 0.3) is 0 Å². The Hall–Kier alpha value is 0.240. The molecule has 108 valence electrons. The molecule has 1 aromatic rings. The maximum absolute atomic E-state index is 6.38. The first-order chi connectivity index (χ1) is 8.95. The van der Waals surface area contributed by atoms with E-state index < -0.39 is 0 Å². The Morgan fingerprint density at radius 2 is 2.16 bits per heavy atom. The number of thiophene rings is 1. The van der Waals surface area contributed by atoms with Gasteiger partial charge in [-0.2, -0.15) is 0 Å². The van der Waals surface area contributed by atoms with Crippen LogP contribution in [0, 0.1) is 11.3 Å². The summed E-state index contributed by atoms with van der Waals surface area (Å²) in [6, 6.07) is 2.38. The molecule has 1 aliphatic rings. The fraction of sp³-hybridized carbons (Fsp3) is 0.733. The Bertz CT molecular complexity index is 428. The summed E-state index contributed by atoms with van der Waals surface area (Å²) in [5.74, 6) is 0.629. The van der Waals surface area contributed by atoms with Gasteiger partial charge in [-0.3, -0.25) is 0 Å². The van der Waals surface area contributed by atoms with E-state index in [9.17, 15) is 0 Å². The molecular weight excluding hydrogens is 297 g/mol. The van der Waals surface area contributed by atoms with Gasteiger partial charge in [0.2, 0.25) is 0 Å². The van der Waals surface area contributed by atoms with Crippen molar-refractivity contribution < 1.29 is 0 Å². The molecule has 1 fully saturated rings. The highest BCUT2D eigenvalue weighted by Gasteiger charge is 2.38. The van der Waals surface area contributed by atoms with Gasteiger partial charge in [-0.15, -0.1) is 11.3 Å². The van der Waals surface area contributed by atoms with E-state index in [1.54, 1.807) is 0 Å². The van der Waals surface area contributed by atoms with Gasteiger partial charge in [-0.1, -0.05) is 56.8 Å². The predicted octanol–water partition coefficient (Wildman–Crippen LogP) is 5.92. The number of hydrogen-bond donors (Lipinski definition) is 1. The normalized spacial score (nSPS) is 24.4. The third kappa shape index (κ3) is 3.47. The van der Waals surface area contributed by atoms with Gasteiger partial charge in [0.15, 0.2) is 0 Å². The number of nitrogens with one attached hydrogen (secondary N) is 1. The van der Waals surface area contributed by atoms with E-state index in [-0.39, 0.29) is 0 Å². The Morgan fingerprint density at radius 3 is 2.68 bits per heavy atom. The molecule has 19 heavy (non-hydrogen) atoms. The third-order valence-corrected chi connectivity index (χ3v) is 5.95. The SMILES string of the molecule is CCNC(c1cc(Cl)sc1Cl)C1CCCCC1(C)C. The topological polar surface area (TPSA) is 12.0 Å². The summed E-state index contributed by atoms with van der Waals surface area (Å²) in [5.41, 5.74) is 1.56. The minimum atomic E-state index is 0.330. The quantitative estimate of drug-likeness (QED) is 0.726. The number of rotatable bonds is 4. The standard InChI is InChI=1S/C15H23Cl2NS/c1-4-18-13(10-9-12(16)19-14(10)17)11-7-5-6-8-15(11,2)3/h9,11,13,18H,4-8H2,1-3H3. The molecule has 0 bridgehead atoms. The molecular formula is C15H23Cl2NS. The largest absolute Gasteiger partial charge is 0.310 e. The van der Waals surface area contributed by atoms with Crippen LogP contribution in [0.4, 0.5) is 0 Å². The molecule has 0 saturated heterocycles. The first-order valence-electron chi connectivity index (χ1n) is 7.14. The maximum Gasteiger partial charge on any atom is 0.0992 e. The number of halogens is 2. The summed E-state index contributed by atoms with van der Waals surface area (Å²) in [4.78, 5) is 0. The van der Waals surface area contributed by atoms with Crippen molar-refractivity contribution in [2.45, 2.75) is 52.5 Å². The molecule has 1 heterocycles. The Morgan fingerprint density at radius 1 is 1.42 bits per heavy atom. The van der Waals surface area contributed by atoms with Crippen LogP contribution in [0.1, 0.15) is 58.1 Å². The van der Waals surface area contributed by atoms with Crippen LogP contribution in [-0.2, 0) is 0 Å². The summed E-state index contributed by atoms with van der Waals surface area (Å²) in [7, 11) is 0. The lowest BCUT2D eigenvalue weighted by molar-refractivity contribution is 0.0990. The van der Waals surface area contributed by atoms with Crippen molar-refractivity contribution in [2.24, 2.45) is 11.3 Å². The lowest BCUT2D eigenvalue weighted by Gasteiger charge is -2.43. The van der Waals surface area contributed by atoms with E-state index >= 15 is 0 Å². The first kappa shape index (κ1) is 15.6. The molecule has 2 unspecified atom stereocenters. The molecule has 0 aliphatic heterocycles. The highest BCUT2D eigenvalue weighted by atomic mass is 35.5. The van der Waals surface area contributed by atoms with Crippen LogP contribution in [0.5, 0.6) is 0 Å². The van der Waals surface area contributed by atoms with Crippen molar-refractivity contribution in [3.05, 3.63) is 20.3 Å². The van der Waals surface area contributed by atoms with Crippen molar-refractivity contribution in [1.29, 1.82) is 0 Å². The second-order valence-electron chi connectivity index (χ2n) is 6.16. The molecule has 1 nitrogen and oxygen atoms in total. The zero-order chi connectivity index (χ0) is 14.0. The Balaban J connectivity index is 2.31. The molecule has 2 rings (SSSR count). The van der Waals surface area contributed by atoms with Crippen molar-refractivity contribution in [3.63, 3.8) is 0 Å². The summed E-state index contributed by atoms with van der Waals surface area (Å²) >= 11 is 14.0. The summed E-state index contributed by atoms with van der Waals surface area (Å²) in [6.07, 6.45) is 5.25. The van der Waals surface area contributed by atoms with Crippen LogP contribution < -0.4 is 5.32 Å². The lowest BCUT2D eigenvalue weighted by atomic mass is 9.65. The van der Waals surface area contributed by atoms with E-state index in [4.69, 9.17) is 23.2 Å². The fourth-order valence-electron chi connectivity index (χ4n) is 3.39. The van der Waals surface area contributed by atoms with Crippen molar-refractivity contribution >= 4 is 34.5 Å². The molecule has 1 aromatic heterocycles. The van der Waals surface area contributed by atoms with Crippen LogP contribution in [0.3, 0.4) is 0 Å². The van der Waals surface area contributed by atoms with E-state index in [0.29, 0.717) is 17.4 Å². The molecule has 0 spiro atoms. The van der Waals surface area contributed by atoms with E-state index in [1.165, 1.54) is 42.6 Å². The highest BCUT2D eigenvalue weighted by molar-refractivity contribution is 7.20. The Labute approximate surface area is 130 Å². The first-order valence-corrected chi connectivity index (χ1v) is 8.71. The minimum Gasteiger partial charge on any atom is -0.310 e. The van der Waals surface area contributed by atoms with Crippen molar-refractivity contribution in [1.82, 2.24) is 5.32 Å². The molecule has 1 aliphatic carbocycles. The summed E-state index contributed by atoms with van der Waals surface area (Å²) in [6.45, 7) is 7.90. The fourth-order valence-corrected chi connectivity index (χ4v) is 4.94. The summed E-state index contributed by atoms with van der Waals surface area (Å²) in [5, 5.41) is 3.64. The van der Waals surface area contributed by atoms with Crippen molar-refractivity contribution in [2.75, 3.05) is 6.54 Å². The van der Waals surface area contributed by atoms with Crippen LogP contribution in [0.2, 0.25) is 8.67 Å². The Kier molecular flexibility index (Phi) is 5.21. The van der Waals surface area contributed by atoms with E-state index in [1.807, 2.05) is 6.07 Å². The average molecular weight is 320 g/mol. The second kappa shape index (κ2) is 6.34. The zero-order valence-corrected chi connectivity index (χ0v) is 14.3. The predicted molar refractivity (Wildman–Crippen MR) is 86.5 cm³/mol. The van der Waals surface area contributed by atoms with E-state index in [2.05, 4.69) is 26.1 Å². The minimum absolute atomic E-state index is 0.330. The molecule has 0 aromatic carbocycles. The second-order valence-corrected chi connectivity index (χ2v) is 8.44. The molecule has 1 N–H and O–H groups in total. The molecule has 2 atom stereocenters.